The summed E-state index contributed by atoms with van der Waals surface area (Å²) in [5, 5.41) is 2.76. The van der Waals surface area contributed by atoms with Gasteiger partial charge in [0.2, 0.25) is 5.91 Å². The smallest absolute Gasteiger partial charge is 0.268 e. The summed E-state index contributed by atoms with van der Waals surface area (Å²) in [7, 11) is 0. The maximum Gasteiger partial charge on any atom is 0.268 e. The number of nitrogens with one attached hydrogen (secondary N) is 1. The number of furan rings is 1. The first-order chi connectivity index (χ1) is 12.5. The Kier molecular flexibility index (Phi) is 5.27. The second-order valence-electron chi connectivity index (χ2n) is 6.31. The van der Waals surface area contributed by atoms with Gasteiger partial charge >= 0.3 is 0 Å². The van der Waals surface area contributed by atoms with Crippen molar-refractivity contribution in [3.63, 3.8) is 0 Å². The molecule has 2 heterocycles. The van der Waals surface area contributed by atoms with Crippen LogP contribution in [-0.2, 0) is 16.1 Å². The lowest BCUT2D eigenvalue weighted by Gasteiger charge is -2.34. The minimum atomic E-state index is -0.596. The van der Waals surface area contributed by atoms with E-state index in [9.17, 15) is 9.59 Å². The van der Waals surface area contributed by atoms with Crippen LogP contribution in [0.4, 0.5) is 5.69 Å². The van der Waals surface area contributed by atoms with Crippen molar-refractivity contribution in [2.45, 2.75) is 39.0 Å². The number of carbonyl (C=O) groups is 2. The predicted octanol–water partition coefficient (Wildman–Crippen LogP) is 2.12. The van der Waals surface area contributed by atoms with E-state index in [1.165, 1.54) is 4.90 Å². The Labute approximate surface area is 152 Å². The fraction of sp³-hybridized carbons (Fsp3) is 0.368. The lowest BCUT2D eigenvalue weighted by atomic mass is 10.0. The first-order valence-corrected chi connectivity index (χ1v) is 8.66. The third-order valence-corrected chi connectivity index (χ3v) is 4.32. The van der Waals surface area contributed by atoms with E-state index in [0.29, 0.717) is 23.6 Å². The third kappa shape index (κ3) is 3.72. The summed E-state index contributed by atoms with van der Waals surface area (Å²) in [6.07, 6.45) is 1.48. The summed E-state index contributed by atoms with van der Waals surface area (Å²) in [6.45, 7) is 3.92. The molecule has 0 bridgehead atoms. The van der Waals surface area contributed by atoms with Crippen molar-refractivity contribution in [3.05, 3.63) is 47.9 Å². The molecule has 7 nitrogen and oxygen atoms in total. The molecular weight excluding hydrogens is 334 g/mol. The predicted molar refractivity (Wildman–Crippen MR) is 96.7 cm³/mol. The highest BCUT2D eigenvalue weighted by Crippen LogP contribution is 2.36. The Bertz CT molecular complexity index is 786. The molecule has 3 rings (SSSR count). The van der Waals surface area contributed by atoms with Crippen molar-refractivity contribution >= 4 is 17.5 Å². The Morgan fingerprint density at radius 2 is 2.19 bits per heavy atom. The molecule has 2 amide bonds. The molecule has 2 atom stereocenters. The molecule has 0 fully saturated rings. The molecule has 138 valence electrons. The number of hydrogen-bond donors (Lipinski definition) is 2. The highest BCUT2D eigenvalue weighted by molar-refractivity contribution is 6.03. The number of rotatable bonds is 6. The third-order valence-electron chi connectivity index (χ3n) is 4.32. The maximum atomic E-state index is 12.7. The Morgan fingerprint density at radius 1 is 1.38 bits per heavy atom. The number of ether oxygens (including phenoxy) is 1. The maximum absolute atomic E-state index is 12.7. The van der Waals surface area contributed by atoms with Crippen LogP contribution in [0.5, 0.6) is 5.75 Å². The van der Waals surface area contributed by atoms with Gasteiger partial charge in [-0.15, -0.1) is 0 Å². The van der Waals surface area contributed by atoms with Crippen LogP contribution in [0.25, 0.3) is 0 Å². The zero-order chi connectivity index (χ0) is 18.7. The second-order valence-corrected chi connectivity index (χ2v) is 6.31. The number of nitrogens with two attached hydrogens (primary N) is 1. The summed E-state index contributed by atoms with van der Waals surface area (Å²) in [5.74, 6) is 0.732. The molecule has 1 aromatic heterocycles. The average molecular weight is 357 g/mol. The Morgan fingerprint density at radius 3 is 2.85 bits per heavy atom. The van der Waals surface area contributed by atoms with Gasteiger partial charge in [0.1, 0.15) is 18.1 Å². The average Bonchev–Trinajstić information content (AvgIpc) is 3.15. The summed E-state index contributed by atoms with van der Waals surface area (Å²) < 4.78 is 11.0. The van der Waals surface area contributed by atoms with Crippen LogP contribution >= 0.6 is 0 Å². The highest BCUT2D eigenvalue weighted by atomic mass is 16.5. The number of anilines is 1. The zero-order valence-corrected chi connectivity index (χ0v) is 14.9. The number of amides is 2. The molecule has 0 radical (unpaired) electrons. The summed E-state index contributed by atoms with van der Waals surface area (Å²) in [5.41, 5.74) is 7.39. The van der Waals surface area contributed by atoms with E-state index in [2.05, 4.69) is 5.32 Å². The lowest BCUT2D eigenvalue weighted by Crippen LogP contribution is -2.49. The normalized spacial score (nSPS) is 17.4. The number of hydrogen-bond acceptors (Lipinski definition) is 5. The highest BCUT2D eigenvalue weighted by Gasteiger charge is 2.34. The van der Waals surface area contributed by atoms with E-state index in [-0.39, 0.29) is 30.9 Å². The first kappa shape index (κ1) is 18.0. The molecule has 0 aliphatic carbocycles. The Hall–Kier alpha value is -2.80. The molecule has 1 aliphatic heterocycles. The van der Waals surface area contributed by atoms with E-state index in [0.717, 1.165) is 5.56 Å². The molecule has 2 aromatic rings. The fourth-order valence-electron chi connectivity index (χ4n) is 2.84. The zero-order valence-electron chi connectivity index (χ0n) is 14.9. The Balaban J connectivity index is 1.80. The van der Waals surface area contributed by atoms with Crippen LogP contribution in [0.3, 0.4) is 0 Å². The van der Waals surface area contributed by atoms with Gasteiger partial charge < -0.3 is 20.2 Å². The molecule has 0 saturated heterocycles. The second kappa shape index (κ2) is 7.61. The topological polar surface area (TPSA) is 97.8 Å². The minimum absolute atomic E-state index is 0.0885. The van der Waals surface area contributed by atoms with Gasteiger partial charge in [0, 0.05) is 6.04 Å². The molecule has 1 aromatic carbocycles. The van der Waals surface area contributed by atoms with E-state index in [4.69, 9.17) is 14.9 Å². The van der Waals surface area contributed by atoms with Gasteiger partial charge in [0.05, 0.1) is 18.5 Å². The summed E-state index contributed by atoms with van der Waals surface area (Å²) in [6, 6.07) is 8.83. The van der Waals surface area contributed by atoms with Gasteiger partial charge in [-0.3, -0.25) is 14.5 Å². The van der Waals surface area contributed by atoms with Gasteiger partial charge in [-0.1, -0.05) is 13.0 Å². The standard InChI is InChI=1S/C19H23N3O4/c1-3-16-19(24)22(11-18(23)21-10-14-5-4-8-25-14)15-9-13(12(2)20)6-7-17(15)26-16/h4-9,12,16H,3,10-11,20H2,1-2H3,(H,21,23). The molecule has 3 N–H and O–H groups in total. The molecule has 0 spiro atoms. The molecular formula is C19H23N3O4. The van der Waals surface area contributed by atoms with Crippen LogP contribution in [0, 0.1) is 0 Å². The number of benzene rings is 1. The summed E-state index contributed by atoms with van der Waals surface area (Å²) >= 11 is 0. The largest absolute Gasteiger partial charge is 0.478 e. The molecule has 7 heteroatoms. The molecule has 2 unspecified atom stereocenters. The monoisotopic (exact) mass is 357 g/mol. The van der Waals surface area contributed by atoms with Crippen LogP contribution in [0.1, 0.15) is 37.6 Å². The fourth-order valence-corrected chi connectivity index (χ4v) is 2.84. The number of nitrogens with zero attached hydrogens (tertiary/aromatic N) is 1. The SMILES string of the molecule is CCC1Oc2ccc(C(C)N)cc2N(CC(=O)NCc2ccco2)C1=O. The van der Waals surface area contributed by atoms with Crippen molar-refractivity contribution in [1.82, 2.24) is 5.32 Å². The summed E-state index contributed by atoms with van der Waals surface area (Å²) in [4.78, 5) is 26.6. The molecule has 26 heavy (non-hydrogen) atoms. The number of fused-ring (bicyclic) bond motifs is 1. The van der Waals surface area contributed by atoms with E-state index in [1.807, 2.05) is 26.0 Å². The van der Waals surface area contributed by atoms with E-state index in [1.54, 1.807) is 24.5 Å². The van der Waals surface area contributed by atoms with Gasteiger partial charge in [-0.25, -0.2) is 0 Å². The quantitative estimate of drug-likeness (QED) is 0.825. The van der Waals surface area contributed by atoms with Crippen molar-refractivity contribution < 1.29 is 18.7 Å². The minimum Gasteiger partial charge on any atom is -0.478 e. The van der Waals surface area contributed by atoms with Crippen molar-refractivity contribution in [2.24, 2.45) is 5.73 Å². The van der Waals surface area contributed by atoms with Gasteiger partial charge in [-0.05, 0) is 43.2 Å². The van der Waals surface area contributed by atoms with E-state index < -0.39 is 6.10 Å². The van der Waals surface area contributed by atoms with Crippen molar-refractivity contribution in [2.75, 3.05) is 11.4 Å². The van der Waals surface area contributed by atoms with Crippen molar-refractivity contribution in [1.29, 1.82) is 0 Å². The molecule has 0 saturated carbocycles. The molecule has 1 aliphatic rings. The van der Waals surface area contributed by atoms with Crippen molar-refractivity contribution in [3.8, 4) is 5.75 Å². The van der Waals surface area contributed by atoms with Crippen LogP contribution in [-0.4, -0.2) is 24.5 Å². The van der Waals surface area contributed by atoms with Crippen LogP contribution in [0.2, 0.25) is 0 Å². The lowest BCUT2D eigenvalue weighted by molar-refractivity contribution is -0.129. The van der Waals surface area contributed by atoms with Gasteiger partial charge in [0.25, 0.3) is 5.91 Å². The number of carbonyl (C=O) groups excluding carboxylic acids is 2. The van der Waals surface area contributed by atoms with Crippen LogP contribution < -0.4 is 20.7 Å². The van der Waals surface area contributed by atoms with Crippen LogP contribution in [0.15, 0.2) is 41.0 Å². The van der Waals surface area contributed by atoms with Gasteiger partial charge in [-0.2, -0.15) is 0 Å². The first-order valence-electron chi connectivity index (χ1n) is 8.66. The van der Waals surface area contributed by atoms with E-state index >= 15 is 0 Å². The van der Waals surface area contributed by atoms with Gasteiger partial charge in [0.15, 0.2) is 6.10 Å².